The van der Waals surface area contributed by atoms with Crippen LogP contribution in [0.4, 0.5) is 4.39 Å². The van der Waals surface area contributed by atoms with Gasteiger partial charge in [0, 0.05) is 22.7 Å². The van der Waals surface area contributed by atoms with E-state index in [2.05, 4.69) is 0 Å². The summed E-state index contributed by atoms with van der Waals surface area (Å²) in [6.45, 7) is 3.53. The van der Waals surface area contributed by atoms with E-state index >= 15 is 0 Å². The van der Waals surface area contributed by atoms with E-state index in [9.17, 15) is 14.6 Å². The Morgan fingerprint density at radius 3 is 2.64 bits per heavy atom. The van der Waals surface area contributed by atoms with Gasteiger partial charge in [-0.05, 0) is 54.7 Å². The summed E-state index contributed by atoms with van der Waals surface area (Å²) in [7, 11) is 0. The summed E-state index contributed by atoms with van der Waals surface area (Å²) in [6.07, 6.45) is 0.878. The van der Waals surface area contributed by atoms with E-state index in [1.54, 1.807) is 13.0 Å². The predicted octanol–water partition coefficient (Wildman–Crippen LogP) is 4.53. The Labute approximate surface area is 156 Å². The molecule has 0 radical (unpaired) electrons. The molecular formula is C19H22ClFO3S. The van der Waals surface area contributed by atoms with Crippen molar-refractivity contribution < 1.29 is 19.3 Å². The molecule has 1 aromatic heterocycles. The van der Waals surface area contributed by atoms with Crippen LogP contribution in [-0.2, 0) is 17.8 Å². The first kappa shape index (κ1) is 18.8. The smallest absolute Gasteiger partial charge is 0.179 e. The zero-order chi connectivity index (χ0) is 18.1. The first-order valence-corrected chi connectivity index (χ1v) is 9.57. The normalized spacial score (nSPS) is 23.8. The molecule has 0 bridgehead atoms. The highest BCUT2D eigenvalue weighted by Gasteiger charge is 2.29. The third kappa shape index (κ3) is 4.23. The molecule has 0 aliphatic carbocycles. The van der Waals surface area contributed by atoms with Crippen molar-refractivity contribution in [3.8, 4) is 0 Å². The van der Waals surface area contributed by atoms with E-state index in [0.717, 1.165) is 27.3 Å². The van der Waals surface area contributed by atoms with Crippen molar-refractivity contribution in [3.05, 3.63) is 55.5 Å². The highest BCUT2D eigenvalue weighted by atomic mass is 35.5. The number of benzene rings is 1. The second-order valence-electron chi connectivity index (χ2n) is 6.71. The number of ether oxygens (including phenoxy) is 1. The fraction of sp³-hybridized carbons (Fsp3) is 0.474. The topological polar surface area (TPSA) is 49.7 Å². The molecule has 1 aromatic carbocycles. The first-order chi connectivity index (χ1) is 11.9. The van der Waals surface area contributed by atoms with Crippen LogP contribution in [0.15, 0.2) is 18.2 Å². The third-order valence-corrected chi connectivity index (χ3v) is 5.96. The average molecular weight is 385 g/mol. The molecule has 6 heteroatoms. The number of thiophene rings is 1. The molecule has 0 amide bonds. The molecule has 1 saturated heterocycles. The van der Waals surface area contributed by atoms with Gasteiger partial charge in [0.05, 0.1) is 24.9 Å². The van der Waals surface area contributed by atoms with Crippen LogP contribution in [0.1, 0.15) is 53.0 Å². The van der Waals surface area contributed by atoms with E-state index in [4.69, 9.17) is 16.3 Å². The van der Waals surface area contributed by atoms with E-state index < -0.39 is 6.10 Å². The zero-order valence-electron chi connectivity index (χ0n) is 14.3. The summed E-state index contributed by atoms with van der Waals surface area (Å²) in [5, 5.41) is 20.1. The molecular weight excluding hydrogens is 363 g/mol. The van der Waals surface area contributed by atoms with Crippen molar-refractivity contribution in [2.24, 2.45) is 0 Å². The average Bonchev–Trinajstić information content (AvgIpc) is 2.86. The molecule has 3 rings (SSSR count). The van der Waals surface area contributed by atoms with Crippen LogP contribution in [0, 0.1) is 12.1 Å². The van der Waals surface area contributed by atoms with Crippen LogP contribution in [0.2, 0.25) is 5.02 Å². The fourth-order valence-electron chi connectivity index (χ4n) is 3.37. The molecule has 136 valence electrons. The molecule has 1 fully saturated rings. The van der Waals surface area contributed by atoms with Gasteiger partial charge in [0.15, 0.2) is 5.13 Å². The van der Waals surface area contributed by atoms with Crippen molar-refractivity contribution in [3.63, 3.8) is 0 Å². The molecule has 0 spiro atoms. The molecule has 3 nitrogen and oxygen atoms in total. The van der Waals surface area contributed by atoms with Crippen molar-refractivity contribution >= 4 is 22.9 Å². The number of rotatable bonds is 4. The predicted molar refractivity (Wildman–Crippen MR) is 97.7 cm³/mol. The number of aryl methyl sites for hydroxylation is 1. The Bertz CT molecular complexity index is 732. The van der Waals surface area contributed by atoms with Crippen molar-refractivity contribution in [2.45, 2.75) is 58.0 Å². The van der Waals surface area contributed by atoms with Gasteiger partial charge in [0.2, 0.25) is 0 Å². The molecule has 1 aliphatic heterocycles. The lowest BCUT2D eigenvalue weighted by molar-refractivity contribution is -0.0901. The van der Waals surface area contributed by atoms with Gasteiger partial charge in [-0.25, -0.2) is 0 Å². The van der Waals surface area contributed by atoms with Crippen LogP contribution in [-0.4, -0.2) is 22.4 Å². The number of hydrogen-bond donors (Lipinski definition) is 2. The summed E-state index contributed by atoms with van der Waals surface area (Å²) in [6, 6.07) is 5.51. The van der Waals surface area contributed by atoms with E-state index in [0.29, 0.717) is 35.4 Å². The van der Waals surface area contributed by atoms with Gasteiger partial charge in [-0.1, -0.05) is 17.7 Å². The summed E-state index contributed by atoms with van der Waals surface area (Å²) < 4.78 is 19.6. The standard InChI is InChI=1S/C19H22ClFO3S/c1-10-3-15(25-19(10)21)5-12-6-16(13(9-22)7-17(12)20)18-8-14(23)4-11(2)24-18/h3,6-7,11,14,18,22-23H,4-5,8-9H2,1-2H3. The van der Waals surface area contributed by atoms with E-state index in [1.165, 1.54) is 0 Å². The zero-order valence-corrected chi connectivity index (χ0v) is 15.8. The van der Waals surface area contributed by atoms with Gasteiger partial charge in [-0.2, -0.15) is 4.39 Å². The van der Waals surface area contributed by atoms with Gasteiger partial charge in [0.1, 0.15) is 0 Å². The largest absolute Gasteiger partial charge is 0.393 e. The van der Waals surface area contributed by atoms with Gasteiger partial charge in [-0.15, -0.1) is 11.3 Å². The Hall–Kier alpha value is -0.980. The molecule has 0 saturated carbocycles. The lowest BCUT2D eigenvalue weighted by atomic mass is 9.91. The highest BCUT2D eigenvalue weighted by molar-refractivity contribution is 7.10. The lowest BCUT2D eigenvalue weighted by Crippen LogP contribution is -2.30. The van der Waals surface area contributed by atoms with Crippen LogP contribution in [0.3, 0.4) is 0 Å². The minimum atomic E-state index is -0.423. The number of aliphatic hydroxyl groups is 2. The molecule has 3 atom stereocenters. The number of aliphatic hydroxyl groups excluding tert-OH is 2. The molecule has 2 N–H and O–H groups in total. The first-order valence-electron chi connectivity index (χ1n) is 8.37. The van der Waals surface area contributed by atoms with E-state index in [1.807, 2.05) is 19.1 Å². The minimum absolute atomic E-state index is 0.0477. The van der Waals surface area contributed by atoms with Crippen molar-refractivity contribution in [1.82, 2.24) is 0 Å². The molecule has 3 unspecified atom stereocenters. The lowest BCUT2D eigenvalue weighted by Gasteiger charge is -2.33. The highest BCUT2D eigenvalue weighted by Crippen LogP contribution is 2.36. The Balaban J connectivity index is 1.94. The van der Waals surface area contributed by atoms with Gasteiger partial charge >= 0.3 is 0 Å². The summed E-state index contributed by atoms with van der Waals surface area (Å²) in [4.78, 5) is 0.901. The Kier molecular flexibility index (Phi) is 5.81. The van der Waals surface area contributed by atoms with Gasteiger partial charge in [-0.3, -0.25) is 0 Å². The summed E-state index contributed by atoms with van der Waals surface area (Å²) in [5.74, 6) is 0. The maximum absolute atomic E-state index is 13.6. The SMILES string of the molecule is Cc1cc(Cc2cc(C3CC(O)CC(C)O3)c(CO)cc2Cl)sc1F. The number of hydrogen-bond acceptors (Lipinski definition) is 4. The second-order valence-corrected chi connectivity index (χ2v) is 8.20. The quantitative estimate of drug-likeness (QED) is 0.814. The Morgan fingerprint density at radius 1 is 1.28 bits per heavy atom. The van der Waals surface area contributed by atoms with Gasteiger partial charge in [0.25, 0.3) is 0 Å². The summed E-state index contributed by atoms with van der Waals surface area (Å²) in [5.41, 5.74) is 3.05. The molecule has 2 aromatic rings. The molecule has 2 heterocycles. The second kappa shape index (κ2) is 7.72. The number of halogens is 2. The fourth-order valence-corrected chi connectivity index (χ4v) is 4.53. The maximum atomic E-state index is 13.6. The molecule has 25 heavy (non-hydrogen) atoms. The van der Waals surface area contributed by atoms with Crippen LogP contribution in [0.25, 0.3) is 0 Å². The minimum Gasteiger partial charge on any atom is -0.393 e. The van der Waals surface area contributed by atoms with Crippen LogP contribution in [0.5, 0.6) is 0 Å². The van der Waals surface area contributed by atoms with Crippen LogP contribution >= 0.6 is 22.9 Å². The van der Waals surface area contributed by atoms with Crippen molar-refractivity contribution in [1.29, 1.82) is 0 Å². The van der Waals surface area contributed by atoms with E-state index in [-0.39, 0.29) is 23.9 Å². The maximum Gasteiger partial charge on any atom is 0.179 e. The van der Waals surface area contributed by atoms with Crippen LogP contribution < -0.4 is 0 Å². The van der Waals surface area contributed by atoms with Crippen molar-refractivity contribution in [2.75, 3.05) is 0 Å². The summed E-state index contributed by atoms with van der Waals surface area (Å²) >= 11 is 7.51. The monoisotopic (exact) mass is 384 g/mol. The molecule has 1 aliphatic rings. The third-order valence-electron chi connectivity index (χ3n) is 4.59. The Morgan fingerprint density at radius 2 is 2.04 bits per heavy atom. The van der Waals surface area contributed by atoms with Gasteiger partial charge < -0.3 is 14.9 Å².